The van der Waals surface area contributed by atoms with Gasteiger partial charge in [-0.05, 0) is 50.3 Å². The average molecular weight is 472 g/mol. The van der Waals surface area contributed by atoms with Crippen LogP contribution in [0.2, 0.25) is 0 Å². The maximum atomic E-state index is 13.5. The fourth-order valence-electron chi connectivity index (χ4n) is 4.49. The fourth-order valence-corrected chi connectivity index (χ4v) is 5.75. The van der Waals surface area contributed by atoms with Gasteiger partial charge in [-0.15, -0.1) is 0 Å². The molecule has 178 valence electrons. The largest absolute Gasteiger partial charge is 0.353 e. The van der Waals surface area contributed by atoms with Crippen LogP contribution in [0.15, 0.2) is 35.4 Å². The number of nitrogens with one attached hydrogen (secondary N) is 2. The summed E-state index contributed by atoms with van der Waals surface area (Å²) in [5.41, 5.74) is 2.42. The van der Waals surface area contributed by atoms with Gasteiger partial charge in [0.25, 0.3) is 15.9 Å². The van der Waals surface area contributed by atoms with Crippen LogP contribution in [-0.2, 0) is 10.0 Å². The van der Waals surface area contributed by atoms with Crippen LogP contribution >= 0.6 is 0 Å². The Bertz CT molecular complexity index is 1120. The first-order chi connectivity index (χ1) is 15.7. The summed E-state index contributed by atoms with van der Waals surface area (Å²) in [5, 5.41) is 3.31. The molecule has 2 fully saturated rings. The van der Waals surface area contributed by atoms with Gasteiger partial charge in [-0.2, -0.15) is 0 Å². The first kappa shape index (κ1) is 23.5. The number of carbonyl (C=O) groups is 1. The van der Waals surface area contributed by atoms with E-state index in [0.29, 0.717) is 41.6 Å². The molecular formula is C24H33N5O3S. The zero-order valence-electron chi connectivity index (χ0n) is 19.6. The molecule has 33 heavy (non-hydrogen) atoms. The molecule has 2 aliphatic heterocycles. The lowest BCUT2D eigenvalue weighted by atomic mass is 9.98. The number of nitrogens with zero attached hydrogens (tertiary/aromatic N) is 3. The van der Waals surface area contributed by atoms with Gasteiger partial charge in [0.05, 0.1) is 22.3 Å². The summed E-state index contributed by atoms with van der Waals surface area (Å²) in [6.45, 7) is 10.5. The minimum atomic E-state index is -3.81. The van der Waals surface area contributed by atoms with Crippen LogP contribution in [0.4, 0.5) is 11.5 Å². The zero-order valence-corrected chi connectivity index (χ0v) is 20.4. The minimum absolute atomic E-state index is 0.0875. The van der Waals surface area contributed by atoms with Crippen LogP contribution in [0, 0.1) is 19.8 Å². The van der Waals surface area contributed by atoms with Crippen LogP contribution in [0.3, 0.4) is 0 Å². The number of sulfonamides is 1. The van der Waals surface area contributed by atoms with Crippen LogP contribution in [0.1, 0.15) is 41.3 Å². The number of anilines is 2. The SMILES string of the molecule is Cc1ccc(S(=O)(=O)Nc2cnc(N3CCNCC3)c(C(=O)N3CCC(C)CC3)c2)c(C)c1. The summed E-state index contributed by atoms with van der Waals surface area (Å²) in [5.74, 6) is 1.14. The molecule has 0 unspecified atom stereocenters. The number of carbonyl (C=O) groups excluding carboxylic acids is 1. The van der Waals surface area contributed by atoms with E-state index in [1.165, 1.54) is 6.20 Å². The molecule has 1 aromatic carbocycles. The predicted octanol–water partition coefficient (Wildman–Crippen LogP) is 2.78. The number of aromatic nitrogens is 1. The molecule has 8 nitrogen and oxygen atoms in total. The van der Waals surface area contributed by atoms with E-state index in [1.54, 1.807) is 25.1 Å². The first-order valence-corrected chi connectivity index (χ1v) is 13.1. The van der Waals surface area contributed by atoms with E-state index < -0.39 is 10.0 Å². The van der Waals surface area contributed by atoms with Crippen molar-refractivity contribution in [3.63, 3.8) is 0 Å². The van der Waals surface area contributed by atoms with Crippen molar-refractivity contribution in [2.45, 2.75) is 38.5 Å². The molecule has 2 saturated heterocycles. The van der Waals surface area contributed by atoms with Crippen LogP contribution in [0.5, 0.6) is 0 Å². The van der Waals surface area contributed by atoms with Gasteiger partial charge in [0.15, 0.2) is 0 Å². The van der Waals surface area contributed by atoms with Crippen molar-refractivity contribution < 1.29 is 13.2 Å². The Morgan fingerprint density at radius 1 is 1.09 bits per heavy atom. The van der Waals surface area contributed by atoms with Gasteiger partial charge in [0.1, 0.15) is 5.82 Å². The average Bonchev–Trinajstić information content (AvgIpc) is 2.79. The Morgan fingerprint density at radius 3 is 2.45 bits per heavy atom. The number of benzene rings is 1. The Kier molecular flexibility index (Phi) is 6.90. The summed E-state index contributed by atoms with van der Waals surface area (Å²) >= 11 is 0. The molecule has 0 radical (unpaired) electrons. The summed E-state index contributed by atoms with van der Waals surface area (Å²) in [4.78, 5) is 22.3. The molecule has 0 spiro atoms. The number of likely N-dealkylation sites (tertiary alicyclic amines) is 1. The van der Waals surface area contributed by atoms with Crippen LogP contribution < -0.4 is 14.9 Å². The van der Waals surface area contributed by atoms with Crippen molar-refractivity contribution in [2.75, 3.05) is 48.9 Å². The summed E-state index contributed by atoms with van der Waals surface area (Å²) in [7, 11) is -3.81. The number of amides is 1. The summed E-state index contributed by atoms with van der Waals surface area (Å²) in [6, 6.07) is 6.87. The number of aryl methyl sites for hydroxylation is 2. The molecule has 3 heterocycles. The monoisotopic (exact) mass is 471 g/mol. The molecule has 0 bridgehead atoms. The Hall–Kier alpha value is -2.65. The molecule has 0 saturated carbocycles. The van der Waals surface area contributed by atoms with Gasteiger partial charge in [0, 0.05) is 39.3 Å². The lowest BCUT2D eigenvalue weighted by Gasteiger charge is -2.33. The van der Waals surface area contributed by atoms with Crippen molar-refractivity contribution in [1.82, 2.24) is 15.2 Å². The Labute approximate surface area is 196 Å². The molecular weight excluding hydrogens is 438 g/mol. The third-order valence-corrected chi connectivity index (χ3v) is 8.00. The topological polar surface area (TPSA) is 94.6 Å². The molecule has 2 aromatic rings. The van der Waals surface area contributed by atoms with E-state index in [0.717, 1.165) is 44.6 Å². The standard InChI is InChI=1S/C24H33N5O3S/c1-17-6-10-29(11-7-17)24(30)21-15-20(16-26-23(21)28-12-8-25-9-13-28)27-33(31,32)22-5-4-18(2)14-19(22)3/h4-5,14-17,25,27H,6-13H2,1-3H3. The van der Waals surface area contributed by atoms with Gasteiger partial charge in [-0.3, -0.25) is 9.52 Å². The van der Waals surface area contributed by atoms with Gasteiger partial charge >= 0.3 is 0 Å². The second kappa shape index (κ2) is 9.69. The minimum Gasteiger partial charge on any atom is -0.353 e. The summed E-state index contributed by atoms with van der Waals surface area (Å²) < 4.78 is 28.8. The highest BCUT2D eigenvalue weighted by Crippen LogP contribution is 2.27. The van der Waals surface area contributed by atoms with Crippen LogP contribution in [-0.4, -0.2) is 63.5 Å². The second-order valence-corrected chi connectivity index (χ2v) is 10.8. The van der Waals surface area contributed by atoms with E-state index >= 15 is 0 Å². The van der Waals surface area contributed by atoms with E-state index in [4.69, 9.17) is 0 Å². The highest BCUT2D eigenvalue weighted by Gasteiger charge is 2.27. The quantitative estimate of drug-likeness (QED) is 0.696. The van der Waals surface area contributed by atoms with Gasteiger partial charge < -0.3 is 15.1 Å². The highest BCUT2D eigenvalue weighted by molar-refractivity contribution is 7.92. The lowest BCUT2D eigenvalue weighted by molar-refractivity contribution is 0.0697. The van der Waals surface area contributed by atoms with Crippen molar-refractivity contribution in [2.24, 2.45) is 5.92 Å². The Balaban J connectivity index is 1.66. The van der Waals surface area contributed by atoms with Crippen molar-refractivity contribution >= 4 is 27.4 Å². The highest BCUT2D eigenvalue weighted by atomic mass is 32.2. The number of hydrogen-bond acceptors (Lipinski definition) is 6. The normalized spacial score (nSPS) is 17.8. The molecule has 2 N–H and O–H groups in total. The number of rotatable bonds is 5. The maximum absolute atomic E-state index is 13.5. The van der Waals surface area contributed by atoms with Gasteiger partial charge in [0.2, 0.25) is 0 Å². The smallest absolute Gasteiger partial charge is 0.262 e. The first-order valence-electron chi connectivity index (χ1n) is 11.6. The third kappa shape index (κ3) is 5.30. The number of piperazine rings is 1. The van der Waals surface area contributed by atoms with Crippen molar-refractivity contribution in [3.05, 3.63) is 47.2 Å². The van der Waals surface area contributed by atoms with Crippen LogP contribution in [0.25, 0.3) is 0 Å². The molecule has 1 amide bonds. The van der Waals surface area contributed by atoms with Crippen molar-refractivity contribution in [3.8, 4) is 0 Å². The molecule has 4 rings (SSSR count). The summed E-state index contributed by atoms with van der Waals surface area (Å²) in [6.07, 6.45) is 3.45. The molecule has 2 aliphatic rings. The van der Waals surface area contributed by atoms with E-state index in [1.807, 2.05) is 17.9 Å². The fraction of sp³-hybridized carbons (Fsp3) is 0.500. The molecule has 1 aromatic heterocycles. The maximum Gasteiger partial charge on any atom is 0.262 e. The number of piperidine rings is 1. The molecule has 9 heteroatoms. The predicted molar refractivity (Wildman–Crippen MR) is 130 cm³/mol. The van der Waals surface area contributed by atoms with E-state index in [2.05, 4.69) is 26.8 Å². The number of pyridine rings is 1. The van der Waals surface area contributed by atoms with Gasteiger partial charge in [-0.1, -0.05) is 24.6 Å². The number of hydrogen-bond donors (Lipinski definition) is 2. The van der Waals surface area contributed by atoms with E-state index in [-0.39, 0.29) is 10.8 Å². The lowest BCUT2D eigenvalue weighted by Crippen LogP contribution is -2.45. The Morgan fingerprint density at radius 2 is 1.79 bits per heavy atom. The third-order valence-electron chi connectivity index (χ3n) is 6.46. The van der Waals surface area contributed by atoms with Gasteiger partial charge in [-0.25, -0.2) is 13.4 Å². The van der Waals surface area contributed by atoms with Crippen molar-refractivity contribution in [1.29, 1.82) is 0 Å². The van der Waals surface area contributed by atoms with E-state index in [9.17, 15) is 13.2 Å². The second-order valence-electron chi connectivity index (χ2n) is 9.18. The zero-order chi connectivity index (χ0) is 23.6. The molecule has 0 aliphatic carbocycles. The molecule has 0 atom stereocenters.